The Morgan fingerprint density at radius 1 is 1.33 bits per heavy atom. The van der Waals surface area contributed by atoms with Gasteiger partial charge in [0.1, 0.15) is 29.4 Å². The van der Waals surface area contributed by atoms with Gasteiger partial charge >= 0.3 is 5.97 Å². The molecule has 0 atom stereocenters. The number of pyridine rings is 1. The van der Waals surface area contributed by atoms with Crippen LogP contribution >= 0.6 is 0 Å². The van der Waals surface area contributed by atoms with Crippen LogP contribution in [0.3, 0.4) is 0 Å². The van der Waals surface area contributed by atoms with Crippen molar-refractivity contribution in [2.45, 2.75) is 13.5 Å². The first-order valence-corrected chi connectivity index (χ1v) is 6.44. The number of furan rings is 1. The number of rotatable bonds is 4. The third-order valence-electron chi connectivity index (χ3n) is 3.17. The minimum atomic E-state index is -1.00. The molecule has 1 aromatic carbocycles. The predicted octanol–water partition coefficient (Wildman–Crippen LogP) is 3.41. The monoisotopic (exact) mass is 283 g/mol. The van der Waals surface area contributed by atoms with Crippen molar-refractivity contribution in [3.05, 3.63) is 59.7 Å². The number of hydrogen-bond acceptors (Lipinski definition) is 4. The zero-order chi connectivity index (χ0) is 14.8. The lowest BCUT2D eigenvalue weighted by Gasteiger charge is -2.07. The third-order valence-corrected chi connectivity index (χ3v) is 3.17. The third kappa shape index (κ3) is 2.58. The molecule has 3 aromatic rings. The predicted molar refractivity (Wildman–Crippen MR) is 76.5 cm³/mol. The second-order valence-corrected chi connectivity index (χ2v) is 4.60. The van der Waals surface area contributed by atoms with E-state index >= 15 is 0 Å². The van der Waals surface area contributed by atoms with Crippen molar-refractivity contribution < 1.29 is 19.1 Å². The first-order chi connectivity index (χ1) is 10.1. The first kappa shape index (κ1) is 13.2. The molecule has 0 amide bonds. The molecule has 2 aromatic heterocycles. The quantitative estimate of drug-likeness (QED) is 0.794. The maximum atomic E-state index is 11.0. The number of carboxylic acid groups (broad SMARTS) is 1. The van der Waals surface area contributed by atoms with E-state index in [0.29, 0.717) is 17.3 Å². The van der Waals surface area contributed by atoms with Gasteiger partial charge in [0.2, 0.25) is 0 Å². The number of benzene rings is 1. The Hall–Kier alpha value is -2.82. The normalized spacial score (nSPS) is 10.7. The van der Waals surface area contributed by atoms with E-state index < -0.39 is 5.97 Å². The van der Waals surface area contributed by atoms with E-state index in [1.807, 2.05) is 30.3 Å². The first-order valence-electron chi connectivity index (χ1n) is 6.44. The van der Waals surface area contributed by atoms with Gasteiger partial charge in [-0.2, -0.15) is 0 Å². The maximum absolute atomic E-state index is 11.0. The van der Waals surface area contributed by atoms with Crippen LogP contribution in [-0.4, -0.2) is 16.1 Å². The van der Waals surface area contributed by atoms with Crippen molar-refractivity contribution in [3.63, 3.8) is 0 Å². The van der Waals surface area contributed by atoms with Crippen LogP contribution in [0.4, 0.5) is 0 Å². The highest BCUT2D eigenvalue weighted by molar-refractivity contribution is 5.88. The highest BCUT2D eigenvalue weighted by Gasteiger charge is 2.14. The Morgan fingerprint density at radius 2 is 2.19 bits per heavy atom. The van der Waals surface area contributed by atoms with Crippen LogP contribution in [0.1, 0.15) is 21.9 Å². The molecule has 0 aliphatic rings. The summed E-state index contributed by atoms with van der Waals surface area (Å²) in [5, 5.41) is 9.90. The van der Waals surface area contributed by atoms with Crippen molar-refractivity contribution >= 4 is 16.9 Å². The van der Waals surface area contributed by atoms with E-state index in [1.165, 1.54) is 6.07 Å². The summed E-state index contributed by atoms with van der Waals surface area (Å²) >= 11 is 0. The zero-order valence-corrected chi connectivity index (χ0v) is 11.4. The van der Waals surface area contributed by atoms with Gasteiger partial charge in [0, 0.05) is 11.6 Å². The number of carboxylic acids is 1. The van der Waals surface area contributed by atoms with Crippen LogP contribution in [-0.2, 0) is 6.61 Å². The summed E-state index contributed by atoms with van der Waals surface area (Å²) in [4.78, 5) is 15.2. The van der Waals surface area contributed by atoms with Gasteiger partial charge in [-0.25, -0.2) is 4.79 Å². The number of nitrogens with zero attached hydrogens (tertiary/aromatic N) is 1. The molecule has 0 spiro atoms. The van der Waals surface area contributed by atoms with E-state index in [1.54, 1.807) is 13.1 Å². The van der Waals surface area contributed by atoms with Gasteiger partial charge in [-0.15, -0.1) is 0 Å². The molecule has 0 saturated heterocycles. The van der Waals surface area contributed by atoms with Crippen LogP contribution in [0.2, 0.25) is 0 Å². The fraction of sp³-hybridized carbons (Fsp3) is 0.125. The van der Waals surface area contributed by atoms with Crippen LogP contribution in [0.25, 0.3) is 10.9 Å². The van der Waals surface area contributed by atoms with E-state index in [4.69, 9.17) is 14.3 Å². The molecular weight excluding hydrogens is 270 g/mol. The topological polar surface area (TPSA) is 72.6 Å². The lowest BCUT2D eigenvalue weighted by Crippen LogP contribution is -1.96. The molecule has 21 heavy (non-hydrogen) atoms. The van der Waals surface area contributed by atoms with Crippen molar-refractivity contribution in [1.29, 1.82) is 0 Å². The van der Waals surface area contributed by atoms with Crippen LogP contribution in [0.15, 0.2) is 47.0 Å². The summed E-state index contributed by atoms with van der Waals surface area (Å²) < 4.78 is 11.1. The van der Waals surface area contributed by atoms with Crippen molar-refractivity contribution in [1.82, 2.24) is 4.98 Å². The maximum Gasteiger partial charge on any atom is 0.339 e. The lowest BCUT2D eigenvalue weighted by atomic mass is 10.2. The summed E-state index contributed by atoms with van der Waals surface area (Å²) in [5.74, 6) is 0.537. The number of aryl methyl sites for hydroxylation is 1. The summed E-state index contributed by atoms with van der Waals surface area (Å²) in [6, 6.07) is 10.9. The molecular formula is C16H13NO4. The number of aromatic carboxylic acids is 1. The van der Waals surface area contributed by atoms with Gasteiger partial charge in [0.05, 0.1) is 5.52 Å². The highest BCUT2D eigenvalue weighted by Crippen LogP contribution is 2.25. The minimum absolute atomic E-state index is 0.160. The summed E-state index contributed by atoms with van der Waals surface area (Å²) in [7, 11) is 0. The van der Waals surface area contributed by atoms with Crippen LogP contribution < -0.4 is 4.74 Å². The Kier molecular flexibility index (Phi) is 3.31. The van der Waals surface area contributed by atoms with Gasteiger partial charge in [-0.05, 0) is 37.3 Å². The van der Waals surface area contributed by atoms with E-state index in [-0.39, 0.29) is 12.2 Å². The highest BCUT2D eigenvalue weighted by atomic mass is 16.5. The van der Waals surface area contributed by atoms with Crippen molar-refractivity contribution in [2.24, 2.45) is 0 Å². The van der Waals surface area contributed by atoms with Crippen molar-refractivity contribution in [2.75, 3.05) is 0 Å². The average Bonchev–Trinajstić information content (AvgIpc) is 2.86. The van der Waals surface area contributed by atoms with Gasteiger partial charge in [-0.1, -0.05) is 6.07 Å². The standard InChI is InChI=1S/C16H13NO4/c1-10-13(16(18)19)8-11(21-10)9-20-15-6-2-5-14-12(15)4-3-7-17-14/h2-8H,9H2,1H3,(H,18,19). The molecule has 0 radical (unpaired) electrons. The van der Waals surface area contributed by atoms with Gasteiger partial charge in [0.15, 0.2) is 0 Å². The van der Waals surface area contributed by atoms with Gasteiger partial charge in [0.25, 0.3) is 0 Å². The Balaban J connectivity index is 1.84. The van der Waals surface area contributed by atoms with Crippen LogP contribution in [0, 0.1) is 6.92 Å². The average molecular weight is 283 g/mol. The molecule has 0 saturated carbocycles. The number of hydrogen-bond donors (Lipinski definition) is 1. The van der Waals surface area contributed by atoms with E-state index in [0.717, 1.165) is 10.9 Å². The van der Waals surface area contributed by atoms with E-state index in [9.17, 15) is 4.79 Å². The van der Waals surface area contributed by atoms with Crippen molar-refractivity contribution in [3.8, 4) is 5.75 Å². The SMILES string of the molecule is Cc1oc(COc2cccc3ncccc23)cc1C(=O)O. The molecule has 0 aliphatic carbocycles. The largest absolute Gasteiger partial charge is 0.485 e. The molecule has 3 rings (SSSR count). The summed E-state index contributed by atoms with van der Waals surface area (Å²) in [6.07, 6.45) is 1.72. The second-order valence-electron chi connectivity index (χ2n) is 4.60. The lowest BCUT2D eigenvalue weighted by molar-refractivity contribution is 0.0695. The number of fused-ring (bicyclic) bond motifs is 1. The molecule has 2 heterocycles. The molecule has 0 unspecified atom stereocenters. The van der Waals surface area contributed by atoms with Crippen LogP contribution in [0.5, 0.6) is 5.75 Å². The van der Waals surface area contributed by atoms with E-state index in [2.05, 4.69) is 4.98 Å². The zero-order valence-electron chi connectivity index (χ0n) is 11.4. The molecule has 5 nitrogen and oxygen atoms in total. The molecule has 0 fully saturated rings. The Labute approximate surface area is 120 Å². The molecule has 106 valence electrons. The Bertz CT molecular complexity index is 802. The van der Waals surface area contributed by atoms with Gasteiger partial charge in [-0.3, -0.25) is 4.98 Å². The summed E-state index contributed by atoms with van der Waals surface area (Å²) in [5.41, 5.74) is 1.00. The number of carbonyl (C=O) groups is 1. The number of aromatic nitrogens is 1. The Morgan fingerprint density at radius 3 is 2.95 bits per heavy atom. The fourth-order valence-electron chi connectivity index (χ4n) is 2.18. The molecule has 1 N–H and O–H groups in total. The van der Waals surface area contributed by atoms with Gasteiger partial charge < -0.3 is 14.3 Å². The fourth-order valence-corrected chi connectivity index (χ4v) is 2.18. The molecule has 0 aliphatic heterocycles. The molecule has 5 heteroatoms. The summed E-state index contributed by atoms with van der Waals surface area (Å²) in [6.45, 7) is 1.79. The minimum Gasteiger partial charge on any atom is -0.485 e. The smallest absolute Gasteiger partial charge is 0.339 e. The molecule has 0 bridgehead atoms. The number of ether oxygens (including phenoxy) is 1. The second kappa shape index (κ2) is 5.28.